The molecule has 1 fully saturated rings. The van der Waals surface area contributed by atoms with Gasteiger partial charge in [-0.1, -0.05) is 60.7 Å². The molecule has 0 radical (unpaired) electrons. The van der Waals surface area contributed by atoms with E-state index in [2.05, 4.69) is 29.0 Å². The molecule has 0 aliphatic carbocycles. The van der Waals surface area contributed by atoms with Crippen molar-refractivity contribution in [3.63, 3.8) is 0 Å². The van der Waals surface area contributed by atoms with Gasteiger partial charge in [-0.05, 0) is 59.2 Å². The van der Waals surface area contributed by atoms with Crippen molar-refractivity contribution in [2.75, 3.05) is 26.3 Å². The maximum atomic E-state index is 13.6. The molecule has 1 aliphatic heterocycles. The van der Waals surface area contributed by atoms with Gasteiger partial charge in [0.1, 0.15) is 17.3 Å². The van der Waals surface area contributed by atoms with Crippen molar-refractivity contribution in [2.24, 2.45) is 0 Å². The van der Waals surface area contributed by atoms with E-state index < -0.39 is 0 Å². The number of morpholine rings is 1. The Labute approximate surface area is 233 Å². The molecule has 1 aliphatic rings. The van der Waals surface area contributed by atoms with Gasteiger partial charge >= 0.3 is 0 Å². The van der Waals surface area contributed by atoms with Gasteiger partial charge in [-0.15, -0.1) is 0 Å². The lowest BCUT2D eigenvalue weighted by Crippen LogP contribution is -2.41. The minimum absolute atomic E-state index is 0.109. The van der Waals surface area contributed by atoms with Crippen LogP contribution in [0, 0.1) is 5.82 Å². The summed E-state index contributed by atoms with van der Waals surface area (Å²) in [7, 11) is 0. The summed E-state index contributed by atoms with van der Waals surface area (Å²) in [6.07, 6.45) is 2.48. The summed E-state index contributed by atoms with van der Waals surface area (Å²) in [6.45, 7) is 2.94. The number of benzene rings is 4. The van der Waals surface area contributed by atoms with E-state index >= 15 is 0 Å². The van der Waals surface area contributed by atoms with Gasteiger partial charge in [0.15, 0.2) is 0 Å². The number of amides is 1. The topological polar surface area (TPSA) is 43.7 Å². The number of nitrogens with zero attached hydrogens (tertiary/aromatic N) is 2. The molecular formula is C34H31FN2O3. The number of fused-ring (bicyclic) bond motifs is 1. The second-order valence-electron chi connectivity index (χ2n) is 10.1. The summed E-state index contributed by atoms with van der Waals surface area (Å²) in [5.41, 5.74) is 4.17. The van der Waals surface area contributed by atoms with Crippen LogP contribution in [0.5, 0.6) is 11.5 Å². The van der Waals surface area contributed by atoms with Crippen LogP contribution in [-0.2, 0) is 16.1 Å². The molecule has 0 spiro atoms. The average Bonchev–Trinajstić information content (AvgIpc) is 3.36. The normalized spacial score (nSPS) is 14.3. The molecule has 4 aromatic carbocycles. The van der Waals surface area contributed by atoms with E-state index in [1.165, 1.54) is 12.1 Å². The lowest BCUT2D eigenvalue weighted by atomic mass is 9.87. The number of carbonyl (C=O) groups is 1. The van der Waals surface area contributed by atoms with Gasteiger partial charge in [0.25, 0.3) is 0 Å². The third-order valence-corrected chi connectivity index (χ3v) is 7.44. The molecule has 0 unspecified atom stereocenters. The zero-order valence-corrected chi connectivity index (χ0v) is 22.2. The van der Waals surface area contributed by atoms with Gasteiger partial charge in [-0.2, -0.15) is 0 Å². The van der Waals surface area contributed by atoms with Crippen LogP contribution in [0.25, 0.3) is 10.9 Å². The fraction of sp³-hybridized carbons (Fsp3) is 0.206. The van der Waals surface area contributed by atoms with Crippen molar-refractivity contribution in [2.45, 2.75) is 18.9 Å². The van der Waals surface area contributed by atoms with Crippen LogP contribution >= 0.6 is 0 Å². The highest BCUT2D eigenvalue weighted by Crippen LogP contribution is 2.37. The summed E-state index contributed by atoms with van der Waals surface area (Å²) < 4.78 is 27.4. The average molecular weight is 535 g/mol. The Morgan fingerprint density at radius 3 is 2.38 bits per heavy atom. The molecule has 6 rings (SSSR count). The number of halogens is 1. The minimum atomic E-state index is -0.249. The van der Waals surface area contributed by atoms with Gasteiger partial charge in [0.2, 0.25) is 5.91 Å². The highest BCUT2D eigenvalue weighted by Gasteiger charge is 2.26. The van der Waals surface area contributed by atoms with Crippen LogP contribution < -0.4 is 4.74 Å². The van der Waals surface area contributed by atoms with Gasteiger partial charge in [0.05, 0.1) is 13.2 Å². The first-order chi connectivity index (χ1) is 19.6. The van der Waals surface area contributed by atoms with E-state index in [1.54, 1.807) is 0 Å². The van der Waals surface area contributed by atoms with E-state index in [0.717, 1.165) is 39.1 Å². The molecule has 0 N–H and O–H groups in total. The summed E-state index contributed by atoms with van der Waals surface area (Å²) in [4.78, 5) is 15.5. The second kappa shape index (κ2) is 11.8. The predicted octanol–water partition coefficient (Wildman–Crippen LogP) is 7.00. The molecule has 1 saturated heterocycles. The molecule has 0 saturated carbocycles. The largest absolute Gasteiger partial charge is 0.457 e. The van der Waals surface area contributed by atoms with Crippen LogP contribution in [0.1, 0.15) is 29.0 Å². The molecule has 1 amide bonds. The number of rotatable bonds is 8. The van der Waals surface area contributed by atoms with Crippen molar-refractivity contribution in [3.05, 3.63) is 132 Å². The minimum Gasteiger partial charge on any atom is -0.457 e. The number of para-hydroxylation sites is 2. The van der Waals surface area contributed by atoms with Crippen LogP contribution in [0.4, 0.5) is 4.39 Å². The fourth-order valence-corrected chi connectivity index (χ4v) is 5.41. The van der Waals surface area contributed by atoms with E-state index in [-0.39, 0.29) is 17.6 Å². The zero-order valence-electron chi connectivity index (χ0n) is 22.2. The van der Waals surface area contributed by atoms with Crippen LogP contribution in [0.3, 0.4) is 0 Å². The maximum absolute atomic E-state index is 13.6. The Kier molecular flexibility index (Phi) is 7.60. The zero-order chi connectivity index (χ0) is 27.3. The van der Waals surface area contributed by atoms with E-state index in [0.29, 0.717) is 39.3 Å². The Morgan fingerprint density at radius 1 is 0.850 bits per heavy atom. The standard InChI is InChI=1S/C34H31FN2O3/c35-27-15-13-25(14-16-27)23-37-24-32(30-11-4-5-12-33(30)37)31(22-34(38)36-17-19-39-20-18-36)26-7-6-10-29(21-26)40-28-8-2-1-3-9-28/h1-16,21,24,31H,17-20,22-23H2/t31-/m1/s1. The first-order valence-electron chi connectivity index (χ1n) is 13.6. The predicted molar refractivity (Wildman–Crippen MR) is 154 cm³/mol. The molecule has 0 bridgehead atoms. The summed E-state index contributed by atoms with van der Waals surface area (Å²) >= 11 is 0. The van der Waals surface area contributed by atoms with Crippen molar-refractivity contribution in [1.82, 2.24) is 9.47 Å². The summed E-state index contributed by atoms with van der Waals surface area (Å²) in [6, 6.07) is 32.6. The molecule has 202 valence electrons. The summed E-state index contributed by atoms with van der Waals surface area (Å²) in [5, 5.41) is 1.10. The fourth-order valence-electron chi connectivity index (χ4n) is 5.41. The molecule has 1 aromatic heterocycles. The first-order valence-corrected chi connectivity index (χ1v) is 13.6. The van der Waals surface area contributed by atoms with Crippen LogP contribution in [-0.4, -0.2) is 41.7 Å². The molecule has 5 nitrogen and oxygen atoms in total. The van der Waals surface area contributed by atoms with Crippen molar-refractivity contribution >= 4 is 16.8 Å². The van der Waals surface area contributed by atoms with Crippen molar-refractivity contribution < 1.29 is 18.7 Å². The molecular weight excluding hydrogens is 503 g/mol. The second-order valence-corrected chi connectivity index (χ2v) is 10.1. The highest BCUT2D eigenvalue weighted by molar-refractivity contribution is 5.87. The highest BCUT2D eigenvalue weighted by atomic mass is 19.1. The molecule has 5 aromatic rings. The summed E-state index contributed by atoms with van der Waals surface area (Å²) in [5.74, 6) is 1.16. The SMILES string of the molecule is O=C(C[C@H](c1cccc(Oc2ccccc2)c1)c1cn(Cc2ccc(F)cc2)c2ccccc12)N1CCOCC1. The van der Waals surface area contributed by atoms with Gasteiger partial charge in [-0.3, -0.25) is 4.79 Å². The van der Waals surface area contributed by atoms with Crippen LogP contribution in [0.15, 0.2) is 109 Å². The quantitative estimate of drug-likeness (QED) is 0.215. The van der Waals surface area contributed by atoms with E-state index in [4.69, 9.17) is 9.47 Å². The van der Waals surface area contributed by atoms with Crippen molar-refractivity contribution in [1.29, 1.82) is 0 Å². The smallest absolute Gasteiger partial charge is 0.223 e. The van der Waals surface area contributed by atoms with Crippen molar-refractivity contribution in [3.8, 4) is 11.5 Å². The van der Waals surface area contributed by atoms with E-state index in [9.17, 15) is 9.18 Å². The number of carbonyl (C=O) groups excluding carboxylic acids is 1. The maximum Gasteiger partial charge on any atom is 0.223 e. The molecule has 2 heterocycles. The van der Waals surface area contributed by atoms with Gasteiger partial charge in [-0.25, -0.2) is 4.39 Å². The third-order valence-electron chi connectivity index (χ3n) is 7.44. The third kappa shape index (κ3) is 5.77. The lowest BCUT2D eigenvalue weighted by Gasteiger charge is -2.29. The molecule has 6 heteroatoms. The Morgan fingerprint density at radius 2 is 1.57 bits per heavy atom. The van der Waals surface area contributed by atoms with Gasteiger partial charge in [0, 0.05) is 49.1 Å². The number of aromatic nitrogens is 1. The lowest BCUT2D eigenvalue weighted by molar-refractivity contribution is -0.135. The monoisotopic (exact) mass is 534 g/mol. The first kappa shape index (κ1) is 25.8. The Balaban J connectivity index is 1.40. The molecule has 40 heavy (non-hydrogen) atoms. The Hall–Kier alpha value is -4.42. The van der Waals surface area contributed by atoms with Crippen LogP contribution in [0.2, 0.25) is 0 Å². The van der Waals surface area contributed by atoms with E-state index in [1.807, 2.05) is 77.7 Å². The number of hydrogen-bond donors (Lipinski definition) is 0. The number of hydrogen-bond acceptors (Lipinski definition) is 3. The molecule has 1 atom stereocenters. The number of ether oxygens (including phenoxy) is 2. The Bertz CT molecular complexity index is 1590. The van der Waals surface area contributed by atoms with Gasteiger partial charge < -0.3 is 18.9 Å².